The van der Waals surface area contributed by atoms with Gasteiger partial charge in [-0.25, -0.2) is 14.4 Å². The van der Waals surface area contributed by atoms with Crippen LogP contribution in [0.3, 0.4) is 0 Å². The topological polar surface area (TPSA) is 25.8 Å². The van der Waals surface area contributed by atoms with Crippen molar-refractivity contribution in [3.05, 3.63) is 71.8 Å². The second-order valence-corrected chi connectivity index (χ2v) is 9.13. The Morgan fingerprint density at radius 2 is 1.18 bits per heavy atom. The zero-order chi connectivity index (χ0) is 23.3. The molecule has 0 aliphatic heterocycles. The van der Waals surface area contributed by atoms with E-state index < -0.39 is 0 Å². The van der Waals surface area contributed by atoms with E-state index in [-0.39, 0.29) is 5.82 Å². The maximum Gasteiger partial charge on any atom is 0.159 e. The van der Waals surface area contributed by atoms with Crippen LogP contribution in [0.15, 0.2) is 54.9 Å². The normalized spacial score (nSPS) is 11.1. The second-order valence-electron chi connectivity index (χ2n) is 9.13. The van der Waals surface area contributed by atoms with Crippen LogP contribution in [0.25, 0.3) is 22.5 Å². The molecule has 0 N–H and O–H groups in total. The summed E-state index contributed by atoms with van der Waals surface area (Å²) in [7, 11) is 0. The molecule has 3 heteroatoms. The van der Waals surface area contributed by atoms with Crippen LogP contribution >= 0.6 is 0 Å². The summed E-state index contributed by atoms with van der Waals surface area (Å²) in [5.74, 6) is 0.414. The highest BCUT2D eigenvalue weighted by atomic mass is 19.1. The quantitative estimate of drug-likeness (QED) is 0.231. The number of rotatable bonds is 14. The zero-order valence-electron chi connectivity index (χ0n) is 20.5. The minimum atomic E-state index is -0.152. The minimum Gasteiger partial charge on any atom is -0.236 e. The van der Waals surface area contributed by atoms with Crippen LogP contribution in [0.4, 0.5) is 4.39 Å². The third-order valence-electron chi connectivity index (χ3n) is 6.37. The Labute approximate surface area is 199 Å². The molecular weight excluding hydrogens is 407 g/mol. The highest BCUT2D eigenvalue weighted by Crippen LogP contribution is 2.23. The highest BCUT2D eigenvalue weighted by molar-refractivity contribution is 5.64. The molecule has 0 fully saturated rings. The maximum absolute atomic E-state index is 14.6. The first-order valence-electron chi connectivity index (χ1n) is 12.9. The standard InChI is InChI=1S/C30H39FN2/c1-3-5-7-9-11-13-24-15-17-25(18-16-24)28-22-32-30(33-23-28)27-20-19-26(29(31)21-27)14-12-10-8-6-4-2/h15-23H,3-14H2,1-2H3. The van der Waals surface area contributed by atoms with E-state index in [0.29, 0.717) is 5.82 Å². The molecule has 2 aromatic carbocycles. The van der Waals surface area contributed by atoms with E-state index >= 15 is 0 Å². The molecule has 0 atom stereocenters. The van der Waals surface area contributed by atoms with Crippen molar-refractivity contribution in [2.75, 3.05) is 0 Å². The van der Waals surface area contributed by atoms with Crippen LogP contribution < -0.4 is 0 Å². The molecule has 2 nitrogen and oxygen atoms in total. The highest BCUT2D eigenvalue weighted by Gasteiger charge is 2.08. The summed E-state index contributed by atoms with van der Waals surface area (Å²) in [5.41, 5.74) is 5.00. The Morgan fingerprint density at radius 3 is 1.79 bits per heavy atom. The molecule has 1 heterocycles. The number of hydrogen-bond acceptors (Lipinski definition) is 2. The lowest BCUT2D eigenvalue weighted by atomic mass is 10.0. The molecule has 3 aromatic rings. The number of unbranched alkanes of at least 4 members (excludes halogenated alkanes) is 8. The predicted molar refractivity (Wildman–Crippen MR) is 138 cm³/mol. The fourth-order valence-corrected chi connectivity index (χ4v) is 4.23. The SMILES string of the molecule is CCCCCCCc1ccc(-c2cnc(-c3ccc(CCCCCCC)c(F)c3)nc2)cc1. The number of aryl methyl sites for hydroxylation is 2. The van der Waals surface area contributed by atoms with Gasteiger partial charge in [0, 0.05) is 23.5 Å². The fourth-order valence-electron chi connectivity index (χ4n) is 4.23. The van der Waals surface area contributed by atoms with Gasteiger partial charge in [0.25, 0.3) is 0 Å². The summed E-state index contributed by atoms with van der Waals surface area (Å²) in [6.07, 6.45) is 18.1. The van der Waals surface area contributed by atoms with Crippen molar-refractivity contribution in [3.63, 3.8) is 0 Å². The lowest BCUT2D eigenvalue weighted by Gasteiger charge is -2.07. The van der Waals surface area contributed by atoms with Gasteiger partial charge in [-0.15, -0.1) is 0 Å². The third kappa shape index (κ3) is 8.07. The maximum atomic E-state index is 14.6. The first-order valence-corrected chi connectivity index (χ1v) is 12.9. The second kappa shape index (κ2) is 13.9. The Kier molecular flexibility index (Phi) is 10.5. The molecule has 3 rings (SSSR count). The summed E-state index contributed by atoms with van der Waals surface area (Å²) in [6, 6.07) is 14.1. The van der Waals surface area contributed by atoms with Gasteiger partial charge in [0.05, 0.1) is 0 Å². The van der Waals surface area contributed by atoms with E-state index in [9.17, 15) is 4.39 Å². The third-order valence-corrected chi connectivity index (χ3v) is 6.37. The summed E-state index contributed by atoms with van der Waals surface area (Å²) in [6.45, 7) is 4.46. The van der Waals surface area contributed by atoms with Crippen LogP contribution in [0.5, 0.6) is 0 Å². The molecule has 33 heavy (non-hydrogen) atoms. The summed E-state index contributed by atoms with van der Waals surface area (Å²) >= 11 is 0. The van der Waals surface area contributed by atoms with Crippen molar-refractivity contribution < 1.29 is 4.39 Å². The molecular formula is C30H39FN2. The molecule has 0 amide bonds. The van der Waals surface area contributed by atoms with Gasteiger partial charge in [0.2, 0.25) is 0 Å². The average Bonchev–Trinajstić information content (AvgIpc) is 2.85. The Morgan fingerprint density at radius 1 is 0.606 bits per heavy atom. The molecule has 0 spiro atoms. The number of benzene rings is 2. The molecule has 0 unspecified atom stereocenters. The summed E-state index contributed by atoms with van der Waals surface area (Å²) in [4.78, 5) is 9.03. The molecule has 0 aliphatic carbocycles. The van der Waals surface area contributed by atoms with Gasteiger partial charge in [-0.2, -0.15) is 0 Å². The van der Waals surface area contributed by atoms with E-state index in [0.717, 1.165) is 41.5 Å². The van der Waals surface area contributed by atoms with Crippen molar-refractivity contribution >= 4 is 0 Å². The van der Waals surface area contributed by atoms with Crippen LogP contribution in [0, 0.1) is 5.82 Å². The van der Waals surface area contributed by atoms with E-state index in [2.05, 4.69) is 48.1 Å². The molecule has 0 aliphatic rings. The monoisotopic (exact) mass is 446 g/mol. The largest absolute Gasteiger partial charge is 0.236 e. The lowest BCUT2D eigenvalue weighted by Crippen LogP contribution is -1.95. The van der Waals surface area contributed by atoms with Gasteiger partial charge in [-0.3, -0.25) is 0 Å². The first kappa shape index (κ1) is 25.1. The van der Waals surface area contributed by atoms with Gasteiger partial charge < -0.3 is 0 Å². The van der Waals surface area contributed by atoms with E-state index in [1.165, 1.54) is 63.4 Å². The van der Waals surface area contributed by atoms with E-state index in [4.69, 9.17) is 0 Å². The Balaban J connectivity index is 1.55. The van der Waals surface area contributed by atoms with Gasteiger partial charge in [0.1, 0.15) is 5.82 Å². The van der Waals surface area contributed by atoms with Crippen LogP contribution in [0.2, 0.25) is 0 Å². The first-order chi connectivity index (χ1) is 16.2. The van der Waals surface area contributed by atoms with Crippen molar-refractivity contribution in [1.29, 1.82) is 0 Å². The van der Waals surface area contributed by atoms with Crippen molar-refractivity contribution in [2.24, 2.45) is 0 Å². The predicted octanol–water partition coefficient (Wildman–Crippen LogP) is 8.98. The summed E-state index contributed by atoms with van der Waals surface area (Å²) in [5, 5.41) is 0. The van der Waals surface area contributed by atoms with Crippen molar-refractivity contribution in [1.82, 2.24) is 9.97 Å². The molecule has 0 radical (unpaired) electrons. The van der Waals surface area contributed by atoms with Gasteiger partial charge in [-0.05, 0) is 48.4 Å². The van der Waals surface area contributed by atoms with Crippen LogP contribution in [0.1, 0.15) is 89.2 Å². The van der Waals surface area contributed by atoms with E-state index in [1.807, 2.05) is 24.5 Å². The van der Waals surface area contributed by atoms with Gasteiger partial charge >= 0.3 is 0 Å². The number of aromatic nitrogens is 2. The van der Waals surface area contributed by atoms with Crippen molar-refractivity contribution in [2.45, 2.75) is 90.9 Å². The fraction of sp³-hybridized carbons (Fsp3) is 0.467. The minimum absolute atomic E-state index is 0.152. The van der Waals surface area contributed by atoms with Crippen LogP contribution in [-0.4, -0.2) is 9.97 Å². The molecule has 1 aromatic heterocycles. The van der Waals surface area contributed by atoms with Gasteiger partial charge in [-0.1, -0.05) is 102 Å². The molecule has 176 valence electrons. The zero-order valence-corrected chi connectivity index (χ0v) is 20.5. The van der Waals surface area contributed by atoms with Gasteiger partial charge in [0.15, 0.2) is 5.82 Å². The number of nitrogens with zero attached hydrogens (tertiary/aromatic N) is 2. The molecule has 0 saturated heterocycles. The number of halogens is 1. The molecule has 0 bridgehead atoms. The Bertz CT molecular complexity index is 948. The van der Waals surface area contributed by atoms with Crippen LogP contribution in [-0.2, 0) is 12.8 Å². The smallest absolute Gasteiger partial charge is 0.159 e. The average molecular weight is 447 g/mol. The number of hydrogen-bond donors (Lipinski definition) is 0. The van der Waals surface area contributed by atoms with Crippen molar-refractivity contribution in [3.8, 4) is 22.5 Å². The van der Waals surface area contributed by atoms with E-state index in [1.54, 1.807) is 6.07 Å². The molecule has 0 saturated carbocycles. The lowest BCUT2D eigenvalue weighted by molar-refractivity contribution is 0.588. The summed E-state index contributed by atoms with van der Waals surface area (Å²) < 4.78 is 14.6. The Hall–Kier alpha value is -2.55.